The SMILES string of the molecule is C=CC(=O)OCC1CO1.C=CC=C.C=Cc1ccccc1. The number of hydrogen-bond acceptors (Lipinski definition) is 3. The minimum Gasteiger partial charge on any atom is -0.460 e. The highest BCUT2D eigenvalue weighted by Crippen LogP contribution is 2.08. The highest BCUT2D eigenvalue weighted by Gasteiger charge is 2.23. The summed E-state index contributed by atoms with van der Waals surface area (Å²) in [6, 6.07) is 10.0. The van der Waals surface area contributed by atoms with Crippen molar-refractivity contribution in [2.75, 3.05) is 13.2 Å². The average molecular weight is 286 g/mol. The summed E-state index contributed by atoms with van der Waals surface area (Å²) in [6.07, 6.45) is 6.40. The number of esters is 1. The predicted octanol–water partition coefficient (Wildman–Crippen LogP) is 3.80. The molecule has 0 N–H and O–H groups in total. The Balaban J connectivity index is 0.000000308. The molecule has 1 aromatic rings. The molecule has 0 bridgehead atoms. The van der Waals surface area contributed by atoms with Crippen molar-refractivity contribution in [2.45, 2.75) is 6.10 Å². The van der Waals surface area contributed by atoms with Gasteiger partial charge in [-0.25, -0.2) is 4.79 Å². The van der Waals surface area contributed by atoms with Crippen LogP contribution < -0.4 is 0 Å². The van der Waals surface area contributed by atoms with E-state index in [1.54, 1.807) is 12.2 Å². The molecule has 0 aromatic heterocycles. The van der Waals surface area contributed by atoms with E-state index in [1.165, 1.54) is 5.56 Å². The fourth-order valence-electron chi connectivity index (χ4n) is 0.987. The lowest BCUT2D eigenvalue weighted by molar-refractivity contribution is -0.138. The minimum absolute atomic E-state index is 0.147. The Labute approximate surface area is 126 Å². The molecule has 0 aliphatic carbocycles. The fraction of sp³-hybridized carbons (Fsp3) is 0.167. The van der Waals surface area contributed by atoms with Gasteiger partial charge in [0.25, 0.3) is 0 Å². The number of epoxide rings is 1. The molecule has 1 heterocycles. The maximum absolute atomic E-state index is 10.3. The zero-order valence-corrected chi connectivity index (χ0v) is 12.2. The van der Waals surface area contributed by atoms with E-state index in [0.717, 1.165) is 6.08 Å². The van der Waals surface area contributed by atoms with E-state index in [2.05, 4.69) is 31.1 Å². The van der Waals surface area contributed by atoms with Crippen LogP contribution in [-0.4, -0.2) is 25.3 Å². The fourth-order valence-corrected chi connectivity index (χ4v) is 0.987. The van der Waals surface area contributed by atoms with Crippen molar-refractivity contribution in [1.82, 2.24) is 0 Å². The van der Waals surface area contributed by atoms with Crippen LogP contribution in [0.1, 0.15) is 5.56 Å². The second kappa shape index (κ2) is 12.6. The highest BCUT2D eigenvalue weighted by atomic mass is 16.6. The van der Waals surface area contributed by atoms with Crippen molar-refractivity contribution in [3.63, 3.8) is 0 Å². The third-order valence-electron chi connectivity index (χ3n) is 2.18. The first kappa shape index (κ1) is 18.6. The quantitative estimate of drug-likeness (QED) is 0.358. The molecule has 1 atom stereocenters. The molecule has 1 saturated heterocycles. The first-order valence-electron chi connectivity index (χ1n) is 6.49. The third kappa shape index (κ3) is 12.4. The van der Waals surface area contributed by atoms with Crippen molar-refractivity contribution in [3.05, 3.63) is 80.4 Å². The number of carbonyl (C=O) groups is 1. The van der Waals surface area contributed by atoms with Gasteiger partial charge in [0.2, 0.25) is 0 Å². The minimum atomic E-state index is -0.384. The Bertz CT molecular complexity index is 439. The molecular formula is C18H22O3. The number of hydrogen-bond donors (Lipinski definition) is 0. The second-order valence-corrected chi connectivity index (χ2v) is 3.88. The third-order valence-corrected chi connectivity index (χ3v) is 2.18. The lowest BCUT2D eigenvalue weighted by Gasteiger charge is -1.94. The molecule has 3 nitrogen and oxygen atoms in total. The number of benzene rings is 1. The number of carbonyl (C=O) groups excluding carboxylic acids is 1. The van der Waals surface area contributed by atoms with E-state index in [1.807, 2.05) is 36.4 Å². The van der Waals surface area contributed by atoms with E-state index in [0.29, 0.717) is 13.2 Å². The van der Waals surface area contributed by atoms with Crippen molar-refractivity contribution in [3.8, 4) is 0 Å². The summed E-state index contributed by atoms with van der Waals surface area (Å²) in [7, 11) is 0. The molecule has 1 unspecified atom stereocenters. The largest absolute Gasteiger partial charge is 0.460 e. The smallest absolute Gasteiger partial charge is 0.330 e. The van der Waals surface area contributed by atoms with E-state index >= 15 is 0 Å². The first-order valence-corrected chi connectivity index (χ1v) is 6.49. The van der Waals surface area contributed by atoms with Gasteiger partial charge in [0.15, 0.2) is 0 Å². The van der Waals surface area contributed by atoms with E-state index in [9.17, 15) is 4.79 Å². The summed E-state index contributed by atoms with van der Waals surface area (Å²) < 4.78 is 9.42. The number of rotatable bonds is 5. The van der Waals surface area contributed by atoms with Gasteiger partial charge < -0.3 is 9.47 Å². The van der Waals surface area contributed by atoms with Gasteiger partial charge in [-0.05, 0) is 5.56 Å². The van der Waals surface area contributed by atoms with Crippen LogP contribution in [0.25, 0.3) is 6.08 Å². The highest BCUT2D eigenvalue weighted by molar-refractivity contribution is 5.81. The maximum Gasteiger partial charge on any atom is 0.330 e. The standard InChI is InChI=1S/C8H8.C6H8O3.C4H6/c1-2-8-6-4-3-5-7-8;1-2-6(7)9-4-5-3-8-5;1-3-4-2/h2-7H,1H2;2,5H,1,3-4H2;3-4H,1-2H2. The summed E-state index contributed by atoms with van der Waals surface area (Å²) in [5.41, 5.74) is 1.17. The summed E-state index contributed by atoms with van der Waals surface area (Å²) in [5.74, 6) is -0.384. The topological polar surface area (TPSA) is 38.8 Å². The molecular weight excluding hydrogens is 264 g/mol. The zero-order valence-electron chi connectivity index (χ0n) is 12.2. The summed E-state index contributed by atoms with van der Waals surface area (Å²) >= 11 is 0. The molecule has 0 amide bonds. The van der Waals surface area contributed by atoms with E-state index < -0.39 is 0 Å². The van der Waals surface area contributed by atoms with Crippen molar-refractivity contribution >= 4 is 12.0 Å². The Morgan fingerprint density at radius 2 is 1.76 bits per heavy atom. The Kier molecular flexibility index (Phi) is 11.2. The number of allylic oxidation sites excluding steroid dienone is 2. The monoisotopic (exact) mass is 286 g/mol. The summed E-state index contributed by atoms with van der Waals surface area (Å²) in [5, 5.41) is 0. The van der Waals surface area contributed by atoms with Crippen LogP contribution in [0.5, 0.6) is 0 Å². The summed E-state index contributed by atoms with van der Waals surface area (Å²) in [4.78, 5) is 10.3. The molecule has 1 fully saturated rings. The van der Waals surface area contributed by atoms with Crippen LogP contribution >= 0.6 is 0 Å². The van der Waals surface area contributed by atoms with Crippen LogP contribution in [-0.2, 0) is 14.3 Å². The van der Waals surface area contributed by atoms with Crippen molar-refractivity contribution in [1.29, 1.82) is 0 Å². The Morgan fingerprint density at radius 3 is 2.10 bits per heavy atom. The van der Waals surface area contributed by atoms with Crippen LogP contribution in [0.15, 0.2) is 74.9 Å². The van der Waals surface area contributed by atoms with Gasteiger partial charge in [0.05, 0.1) is 6.61 Å². The molecule has 3 heteroatoms. The van der Waals surface area contributed by atoms with Gasteiger partial charge in [-0.15, -0.1) is 0 Å². The second-order valence-electron chi connectivity index (χ2n) is 3.88. The molecule has 1 aromatic carbocycles. The van der Waals surface area contributed by atoms with Crippen LogP contribution in [0.4, 0.5) is 0 Å². The number of ether oxygens (including phenoxy) is 2. The lowest BCUT2D eigenvalue weighted by atomic mass is 10.2. The zero-order chi connectivity index (χ0) is 15.9. The Hall–Kier alpha value is -2.39. The van der Waals surface area contributed by atoms with Crippen molar-refractivity contribution in [2.24, 2.45) is 0 Å². The predicted molar refractivity (Wildman–Crippen MR) is 87.8 cm³/mol. The van der Waals surface area contributed by atoms with Gasteiger partial charge >= 0.3 is 5.97 Å². The normalized spacial score (nSPS) is 14.0. The van der Waals surface area contributed by atoms with Crippen LogP contribution in [0.2, 0.25) is 0 Å². The average Bonchev–Trinajstić information content (AvgIpc) is 3.38. The molecule has 2 rings (SSSR count). The molecule has 0 radical (unpaired) electrons. The molecule has 112 valence electrons. The maximum atomic E-state index is 10.3. The molecule has 21 heavy (non-hydrogen) atoms. The van der Waals surface area contributed by atoms with Gasteiger partial charge in [-0.1, -0.05) is 74.9 Å². The van der Waals surface area contributed by atoms with Crippen LogP contribution in [0.3, 0.4) is 0 Å². The molecule has 1 aliphatic heterocycles. The van der Waals surface area contributed by atoms with Gasteiger partial charge in [-0.3, -0.25) is 0 Å². The summed E-state index contributed by atoms with van der Waals surface area (Å²) in [6.45, 7) is 14.7. The Morgan fingerprint density at radius 1 is 1.19 bits per heavy atom. The van der Waals surface area contributed by atoms with Crippen molar-refractivity contribution < 1.29 is 14.3 Å². The molecule has 1 aliphatic rings. The van der Waals surface area contributed by atoms with E-state index in [4.69, 9.17) is 4.74 Å². The van der Waals surface area contributed by atoms with Gasteiger partial charge in [0.1, 0.15) is 12.7 Å². The van der Waals surface area contributed by atoms with Crippen LogP contribution in [0, 0.1) is 0 Å². The molecule has 0 saturated carbocycles. The molecule has 0 spiro atoms. The van der Waals surface area contributed by atoms with Gasteiger partial charge in [0, 0.05) is 6.08 Å². The lowest BCUT2D eigenvalue weighted by Crippen LogP contribution is -2.06. The first-order chi connectivity index (χ1) is 10.2. The van der Waals surface area contributed by atoms with Gasteiger partial charge in [-0.2, -0.15) is 0 Å². The van der Waals surface area contributed by atoms with E-state index in [-0.39, 0.29) is 12.1 Å².